The Hall–Kier alpha value is -3.50. The van der Waals surface area contributed by atoms with Crippen molar-refractivity contribution in [2.24, 2.45) is 5.92 Å². The Morgan fingerprint density at radius 2 is 1.71 bits per heavy atom. The minimum Gasteiger partial charge on any atom is -0.354 e. The molecule has 11 heteroatoms. The fourth-order valence-electron chi connectivity index (χ4n) is 3.90. The lowest BCUT2D eigenvalue weighted by molar-refractivity contribution is -0.0454. The highest BCUT2D eigenvalue weighted by Gasteiger charge is 2.48. The van der Waals surface area contributed by atoms with Gasteiger partial charge in [0.05, 0.1) is 10.9 Å². The topological polar surface area (TPSA) is 53.0 Å². The normalized spacial score (nSPS) is 17.5. The molecule has 1 atom stereocenters. The first-order valence-electron chi connectivity index (χ1n) is 9.04. The van der Waals surface area contributed by atoms with Crippen molar-refractivity contribution in [2.45, 2.75) is 19.4 Å². The number of alkyl halides is 2. The van der Waals surface area contributed by atoms with Gasteiger partial charge in [-0.2, -0.15) is 8.78 Å². The maximum atomic E-state index is 14.4. The minimum atomic E-state index is -3.28. The van der Waals surface area contributed by atoms with Crippen LogP contribution in [-0.4, -0.2) is 14.3 Å². The average molecular weight is 439 g/mol. The lowest BCUT2D eigenvalue weighted by Gasteiger charge is -2.13. The third kappa shape index (κ3) is 2.65. The largest absolute Gasteiger partial charge is 0.354 e. The highest BCUT2D eigenvalue weighted by molar-refractivity contribution is 5.99. The molecule has 1 aliphatic rings. The van der Waals surface area contributed by atoms with Crippen LogP contribution in [0.5, 0.6) is 0 Å². The zero-order valence-electron chi connectivity index (χ0n) is 15.6. The summed E-state index contributed by atoms with van der Waals surface area (Å²) in [6.07, 6.45) is 0.869. The first kappa shape index (κ1) is 19.5. The molecule has 0 amide bonds. The number of nitrogens with zero attached hydrogens (tertiary/aromatic N) is 3. The Balaban J connectivity index is 1.82. The lowest BCUT2D eigenvalue weighted by Crippen LogP contribution is -2.24. The Morgan fingerprint density at radius 3 is 2.35 bits per heavy atom. The molecule has 0 radical (unpaired) electrons. The van der Waals surface area contributed by atoms with E-state index in [-0.39, 0.29) is 23.3 Å². The van der Waals surface area contributed by atoms with Crippen LogP contribution in [0.4, 0.5) is 26.3 Å². The van der Waals surface area contributed by atoms with Gasteiger partial charge in [0.1, 0.15) is 29.0 Å². The first-order chi connectivity index (χ1) is 14.6. The van der Waals surface area contributed by atoms with Gasteiger partial charge in [0.15, 0.2) is 11.4 Å². The van der Waals surface area contributed by atoms with Crippen LogP contribution < -0.4 is 5.69 Å². The number of hydrogen-bond acceptors (Lipinski definition) is 3. The number of imidazole rings is 1. The summed E-state index contributed by atoms with van der Waals surface area (Å²) < 4.78 is 91.8. The van der Waals surface area contributed by atoms with Crippen LogP contribution in [0.2, 0.25) is 0 Å². The monoisotopic (exact) mass is 439 g/mol. The Labute approximate surface area is 169 Å². The zero-order valence-corrected chi connectivity index (χ0v) is 15.6. The van der Waals surface area contributed by atoms with E-state index in [0.29, 0.717) is 12.1 Å². The van der Waals surface area contributed by atoms with Crippen LogP contribution in [0, 0.1) is 29.2 Å². The molecule has 3 heterocycles. The predicted octanol–water partition coefficient (Wildman–Crippen LogP) is 4.75. The first-order valence-corrected chi connectivity index (χ1v) is 9.04. The zero-order chi connectivity index (χ0) is 22.2. The van der Waals surface area contributed by atoms with Gasteiger partial charge in [-0.1, -0.05) is 12.1 Å². The molecule has 0 bridgehead atoms. The molecule has 5 rings (SSSR count). The molecule has 160 valence electrons. The molecule has 0 saturated heterocycles. The van der Waals surface area contributed by atoms with Crippen LogP contribution in [0.1, 0.15) is 12.6 Å². The lowest BCUT2D eigenvalue weighted by atomic mass is 10.00. The molecule has 0 aliphatic carbocycles. The molecular formula is C20H11F6N3O2. The van der Waals surface area contributed by atoms with E-state index < -0.39 is 57.6 Å². The van der Waals surface area contributed by atoms with E-state index in [4.69, 9.17) is 4.52 Å². The van der Waals surface area contributed by atoms with Gasteiger partial charge in [0.2, 0.25) is 0 Å². The van der Waals surface area contributed by atoms with Crippen molar-refractivity contribution in [2.75, 3.05) is 0 Å². The predicted molar refractivity (Wildman–Crippen MR) is 95.9 cm³/mol. The van der Waals surface area contributed by atoms with Crippen molar-refractivity contribution in [3.63, 3.8) is 0 Å². The van der Waals surface area contributed by atoms with Crippen LogP contribution >= 0.6 is 0 Å². The summed E-state index contributed by atoms with van der Waals surface area (Å²) in [7, 11) is 0. The van der Waals surface area contributed by atoms with E-state index in [1.807, 2.05) is 0 Å². The summed E-state index contributed by atoms with van der Waals surface area (Å²) >= 11 is 0. The fourth-order valence-corrected chi connectivity index (χ4v) is 3.90. The highest BCUT2D eigenvalue weighted by Crippen LogP contribution is 2.42. The van der Waals surface area contributed by atoms with Gasteiger partial charge in [-0.3, -0.25) is 4.57 Å². The molecular weight excluding hydrogens is 428 g/mol. The van der Waals surface area contributed by atoms with Crippen LogP contribution in [0.3, 0.4) is 0 Å². The molecule has 4 aromatic rings. The Morgan fingerprint density at radius 1 is 1.06 bits per heavy atom. The third-order valence-electron chi connectivity index (χ3n) is 5.42. The number of fused-ring (bicyclic) bond motifs is 2. The van der Waals surface area contributed by atoms with E-state index in [1.165, 1.54) is 6.92 Å². The number of hydrogen-bond donors (Lipinski definition) is 0. The number of rotatable bonds is 2. The van der Waals surface area contributed by atoms with Gasteiger partial charge in [-0.15, -0.1) is 0 Å². The van der Waals surface area contributed by atoms with E-state index in [9.17, 15) is 31.1 Å². The third-order valence-corrected chi connectivity index (χ3v) is 5.42. The second kappa shape index (κ2) is 6.25. The average Bonchev–Trinajstić information content (AvgIpc) is 3.28. The maximum absolute atomic E-state index is 14.4. The van der Waals surface area contributed by atoms with Crippen molar-refractivity contribution in [1.82, 2.24) is 14.3 Å². The summed E-state index contributed by atoms with van der Waals surface area (Å²) in [5.41, 5.74) is -2.91. The van der Waals surface area contributed by atoms with E-state index in [2.05, 4.69) is 5.16 Å². The molecule has 2 aromatic heterocycles. The molecule has 0 unspecified atom stereocenters. The van der Waals surface area contributed by atoms with Gasteiger partial charge in [0, 0.05) is 42.4 Å². The van der Waals surface area contributed by atoms with Crippen molar-refractivity contribution in [3.05, 3.63) is 69.9 Å². The standard InChI is InChI=1S/C20H11F6N3O2/c1-8-6-28-15(20(8,25)26)7-29(19(28)30)18-17-11(2-9(21)5-14(17)31-27-18)16-12(23)3-10(22)4-13(16)24/h2-5,7-8H,6H2,1H3/t8-/m1/s1. The second-order valence-electron chi connectivity index (χ2n) is 7.38. The second-order valence-corrected chi connectivity index (χ2v) is 7.38. The number of benzene rings is 2. The molecule has 5 nitrogen and oxygen atoms in total. The summed E-state index contributed by atoms with van der Waals surface area (Å²) in [4.78, 5) is 12.8. The summed E-state index contributed by atoms with van der Waals surface area (Å²) in [6.45, 7) is 1.05. The van der Waals surface area contributed by atoms with Crippen molar-refractivity contribution < 1.29 is 30.9 Å². The minimum absolute atomic E-state index is 0.200. The molecule has 0 fully saturated rings. The SMILES string of the molecule is C[C@@H]1Cn2c(cn(-c3noc4cc(F)cc(-c5c(F)cc(F)cc5F)c34)c2=O)C1(F)F. The molecule has 31 heavy (non-hydrogen) atoms. The van der Waals surface area contributed by atoms with Crippen molar-refractivity contribution in [3.8, 4) is 16.9 Å². The van der Waals surface area contributed by atoms with Crippen LogP contribution in [0.25, 0.3) is 27.9 Å². The van der Waals surface area contributed by atoms with Crippen LogP contribution in [0.15, 0.2) is 39.8 Å². The molecule has 0 saturated carbocycles. The molecule has 0 spiro atoms. The summed E-state index contributed by atoms with van der Waals surface area (Å²) in [5.74, 6) is -9.54. The van der Waals surface area contributed by atoms with Crippen molar-refractivity contribution in [1.29, 1.82) is 0 Å². The van der Waals surface area contributed by atoms with Gasteiger partial charge < -0.3 is 4.52 Å². The van der Waals surface area contributed by atoms with Gasteiger partial charge >= 0.3 is 5.69 Å². The number of aromatic nitrogens is 3. The fraction of sp³-hybridized carbons (Fsp3) is 0.200. The summed E-state index contributed by atoms with van der Waals surface area (Å²) in [6, 6.07) is 2.43. The highest BCUT2D eigenvalue weighted by atomic mass is 19.3. The van der Waals surface area contributed by atoms with Gasteiger partial charge in [0.25, 0.3) is 5.92 Å². The summed E-state index contributed by atoms with van der Waals surface area (Å²) in [5, 5.41) is 3.45. The van der Waals surface area contributed by atoms with E-state index in [1.54, 1.807) is 0 Å². The Kier molecular flexibility index (Phi) is 3.93. The number of halogens is 6. The quantitative estimate of drug-likeness (QED) is 0.424. The maximum Gasteiger partial charge on any atom is 0.334 e. The van der Waals surface area contributed by atoms with Crippen LogP contribution in [-0.2, 0) is 12.5 Å². The molecule has 1 aliphatic heterocycles. The van der Waals surface area contributed by atoms with Gasteiger partial charge in [-0.05, 0) is 6.07 Å². The van der Waals surface area contributed by atoms with Crippen molar-refractivity contribution >= 4 is 11.0 Å². The molecule has 2 aromatic carbocycles. The van der Waals surface area contributed by atoms with E-state index in [0.717, 1.165) is 27.5 Å². The van der Waals surface area contributed by atoms with Gasteiger partial charge in [-0.25, -0.2) is 26.9 Å². The Bertz CT molecular complexity index is 1410. The molecule has 0 N–H and O–H groups in total. The smallest absolute Gasteiger partial charge is 0.334 e. The van der Waals surface area contributed by atoms with E-state index >= 15 is 0 Å².